The highest BCUT2D eigenvalue weighted by Crippen LogP contribution is 2.46. The summed E-state index contributed by atoms with van der Waals surface area (Å²) in [4.78, 5) is 4.46. The summed E-state index contributed by atoms with van der Waals surface area (Å²) in [5.41, 5.74) is 5.33. The van der Waals surface area contributed by atoms with Crippen molar-refractivity contribution in [3.05, 3.63) is 48.8 Å². The van der Waals surface area contributed by atoms with Crippen LogP contribution in [0, 0.1) is 0 Å². The number of benzene rings is 2. The van der Waals surface area contributed by atoms with Crippen molar-refractivity contribution in [2.75, 3.05) is 0 Å². The molecule has 5 rings (SSSR count). The molecule has 1 aromatic heterocycles. The largest absolute Gasteiger partial charge is 0.494 e. The lowest BCUT2D eigenvalue weighted by Gasteiger charge is -2.32. The van der Waals surface area contributed by atoms with Crippen LogP contribution in [0.2, 0.25) is 0 Å². The molecule has 0 amide bonds. The monoisotopic (exact) mass is 329 g/mol. The van der Waals surface area contributed by atoms with Crippen molar-refractivity contribution in [1.29, 1.82) is 0 Å². The molecule has 0 unspecified atom stereocenters. The van der Waals surface area contributed by atoms with Gasteiger partial charge >= 0.3 is 7.12 Å². The number of pyridine rings is 1. The van der Waals surface area contributed by atoms with E-state index in [1.165, 1.54) is 27.6 Å². The highest BCUT2D eigenvalue weighted by Gasteiger charge is 2.51. The minimum absolute atomic E-state index is 0.342. The fraction of sp³-hybridized carbons (Fsp3) is 0.286. The van der Waals surface area contributed by atoms with Crippen molar-refractivity contribution in [3.63, 3.8) is 0 Å². The van der Waals surface area contributed by atoms with E-state index >= 15 is 0 Å². The standard InChI is InChI=1S/C21H20BNO2/c1-20(2)21(3,4)25-22(24-20)14-9-13-11-23-12-18-16-8-6-5-7-15(16)17(10-14)19(13)18/h5-12H,1-4H3. The fourth-order valence-electron chi connectivity index (χ4n) is 3.83. The van der Waals surface area contributed by atoms with Gasteiger partial charge in [-0.2, -0.15) is 0 Å². The van der Waals surface area contributed by atoms with Gasteiger partial charge in [0.05, 0.1) is 11.2 Å². The quantitative estimate of drug-likeness (QED) is 0.491. The molecule has 2 aliphatic rings. The van der Waals surface area contributed by atoms with Gasteiger partial charge in [0.15, 0.2) is 0 Å². The lowest BCUT2D eigenvalue weighted by atomic mass is 9.77. The molecule has 0 N–H and O–H groups in total. The van der Waals surface area contributed by atoms with Gasteiger partial charge in [-0.05, 0) is 49.8 Å². The first-order valence-electron chi connectivity index (χ1n) is 8.74. The average Bonchev–Trinajstić information content (AvgIpc) is 3.01. The van der Waals surface area contributed by atoms with Crippen molar-refractivity contribution in [2.24, 2.45) is 0 Å². The van der Waals surface area contributed by atoms with Gasteiger partial charge in [0.2, 0.25) is 0 Å². The van der Waals surface area contributed by atoms with E-state index in [0.29, 0.717) is 0 Å². The first-order chi connectivity index (χ1) is 11.9. The normalized spacial score (nSPS) is 19.4. The summed E-state index contributed by atoms with van der Waals surface area (Å²) in [5, 5.41) is 2.41. The zero-order valence-corrected chi connectivity index (χ0v) is 15.0. The summed E-state index contributed by atoms with van der Waals surface area (Å²) in [6.07, 6.45) is 3.90. The highest BCUT2D eigenvalue weighted by molar-refractivity contribution is 6.62. The van der Waals surface area contributed by atoms with Crippen LogP contribution in [0.5, 0.6) is 0 Å². The molecule has 0 saturated carbocycles. The van der Waals surface area contributed by atoms with E-state index in [2.05, 4.69) is 69.1 Å². The molecule has 0 atom stereocenters. The molecule has 1 saturated heterocycles. The molecule has 3 aromatic rings. The van der Waals surface area contributed by atoms with Crippen molar-refractivity contribution in [2.45, 2.75) is 38.9 Å². The summed E-state index contributed by atoms with van der Waals surface area (Å²) in [5.74, 6) is 0. The van der Waals surface area contributed by atoms with Gasteiger partial charge in [0.25, 0.3) is 0 Å². The Balaban J connectivity index is 1.72. The third-order valence-electron chi connectivity index (χ3n) is 5.91. The summed E-state index contributed by atoms with van der Waals surface area (Å²) in [6.45, 7) is 8.34. The van der Waals surface area contributed by atoms with Crippen LogP contribution < -0.4 is 5.46 Å². The van der Waals surface area contributed by atoms with Gasteiger partial charge in [-0.3, -0.25) is 4.98 Å². The average molecular weight is 329 g/mol. The van der Waals surface area contributed by atoms with Crippen molar-refractivity contribution in [1.82, 2.24) is 4.98 Å². The topological polar surface area (TPSA) is 31.4 Å². The van der Waals surface area contributed by atoms with E-state index < -0.39 is 0 Å². The Kier molecular flexibility index (Phi) is 2.85. The van der Waals surface area contributed by atoms with E-state index in [4.69, 9.17) is 9.31 Å². The van der Waals surface area contributed by atoms with E-state index in [0.717, 1.165) is 10.8 Å². The van der Waals surface area contributed by atoms with E-state index in [1.54, 1.807) is 0 Å². The van der Waals surface area contributed by atoms with Crippen LogP contribution in [0.3, 0.4) is 0 Å². The van der Waals surface area contributed by atoms with Crippen LogP contribution >= 0.6 is 0 Å². The maximum atomic E-state index is 6.26. The van der Waals surface area contributed by atoms with Gasteiger partial charge in [0.1, 0.15) is 0 Å². The second-order valence-electron chi connectivity index (χ2n) is 7.99. The van der Waals surface area contributed by atoms with E-state index in [9.17, 15) is 0 Å². The number of nitrogens with zero attached hydrogens (tertiary/aromatic N) is 1. The van der Waals surface area contributed by atoms with Crippen LogP contribution in [0.15, 0.2) is 48.8 Å². The third kappa shape index (κ3) is 1.98. The van der Waals surface area contributed by atoms with Crippen molar-refractivity contribution >= 4 is 23.4 Å². The van der Waals surface area contributed by atoms with Gasteiger partial charge in [0, 0.05) is 28.7 Å². The minimum atomic E-state index is -0.359. The van der Waals surface area contributed by atoms with Crippen LogP contribution in [0.4, 0.5) is 0 Å². The Hall–Kier alpha value is -2.17. The third-order valence-corrected chi connectivity index (χ3v) is 5.91. The van der Waals surface area contributed by atoms with Crippen molar-refractivity contribution in [3.8, 4) is 22.3 Å². The van der Waals surface area contributed by atoms with Gasteiger partial charge in [-0.1, -0.05) is 36.4 Å². The first kappa shape index (κ1) is 15.1. The van der Waals surface area contributed by atoms with Gasteiger partial charge < -0.3 is 9.31 Å². The molecule has 4 heteroatoms. The van der Waals surface area contributed by atoms with E-state index in [1.807, 2.05) is 12.4 Å². The predicted octanol–water partition coefficient (Wildman–Crippen LogP) is 4.18. The maximum absolute atomic E-state index is 6.26. The molecule has 0 bridgehead atoms. The Labute approximate surface area is 148 Å². The molecular formula is C21H20BNO2. The molecule has 124 valence electrons. The summed E-state index contributed by atoms with van der Waals surface area (Å²) in [7, 11) is -0.359. The summed E-state index contributed by atoms with van der Waals surface area (Å²) in [6, 6.07) is 12.9. The van der Waals surface area contributed by atoms with Crippen LogP contribution in [0.25, 0.3) is 33.0 Å². The molecular weight excluding hydrogens is 309 g/mol. The number of hydrogen-bond acceptors (Lipinski definition) is 3. The molecule has 1 aliphatic carbocycles. The molecule has 25 heavy (non-hydrogen) atoms. The van der Waals surface area contributed by atoms with Crippen LogP contribution in [-0.4, -0.2) is 23.3 Å². The van der Waals surface area contributed by atoms with E-state index in [-0.39, 0.29) is 18.3 Å². The zero-order chi connectivity index (χ0) is 17.4. The zero-order valence-electron chi connectivity index (χ0n) is 15.0. The fourth-order valence-corrected chi connectivity index (χ4v) is 3.83. The summed E-state index contributed by atoms with van der Waals surface area (Å²) < 4.78 is 12.5. The Morgan fingerprint density at radius 2 is 1.44 bits per heavy atom. The first-order valence-corrected chi connectivity index (χ1v) is 8.74. The van der Waals surface area contributed by atoms with Gasteiger partial charge in [-0.25, -0.2) is 0 Å². The number of fused-ring (bicyclic) bond motifs is 3. The number of aromatic nitrogens is 1. The molecule has 1 aliphatic heterocycles. The summed E-state index contributed by atoms with van der Waals surface area (Å²) >= 11 is 0. The van der Waals surface area contributed by atoms with Crippen LogP contribution in [-0.2, 0) is 9.31 Å². The maximum Gasteiger partial charge on any atom is 0.494 e. The molecule has 3 nitrogen and oxygen atoms in total. The smallest absolute Gasteiger partial charge is 0.399 e. The Morgan fingerprint density at radius 1 is 0.800 bits per heavy atom. The second-order valence-corrected chi connectivity index (χ2v) is 7.99. The number of hydrogen-bond donors (Lipinski definition) is 0. The lowest BCUT2D eigenvalue weighted by Crippen LogP contribution is -2.41. The molecule has 2 heterocycles. The minimum Gasteiger partial charge on any atom is -0.399 e. The Bertz CT molecular complexity index is 1010. The Morgan fingerprint density at radius 3 is 2.12 bits per heavy atom. The van der Waals surface area contributed by atoms with Crippen LogP contribution in [0.1, 0.15) is 27.7 Å². The molecule has 0 spiro atoms. The highest BCUT2D eigenvalue weighted by atomic mass is 16.7. The van der Waals surface area contributed by atoms with Crippen molar-refractivity contribution < 1.29 is 9.31 Å². The van der Waals surface area contributed by atoms with Gasteiger partial charge in [-0.15, -0.1) is 0 Å². The predicted molar refractivity (Wildman–Crippen MR) is 102 cm³/mol. The molecule has 0 radical (unpaired) electrons. The molecule has 2 aromatic carbocycles. The molecule has 1 fully saturated rings. The number of rotatable bonds is 1. The second kappa shape index (κ2) is 4.72. The lowest BCUT2D eigenvalue weighted by molar-refractivity contribution is 0.00578. The SMILES string of the molecule is CC1(C)OB(c2cc3c4c(cncc4c2)-c2ccccc2-3)OC1(C)C.